The van der Waals surface area contributed by atoms with Gasteiger partial charge in [0.15, 0.2) is 0 Å². The third-order valence-electron chi connectivity index (χ3n) is 3.09. The van der Waals surface area contributed by atoms with Gasteiger partial charge in [0.05, 0.1) is 0 Å². The topological polar surface area (TPSA) is 42.2 Å². The largest absolute Gasteiger partial charge is 0.329 e. The quantitative estimate of drug-likeness (QED) is 0.809. The molecule has 2 N–H and O–H groups in total. The number of nitrogens with zero attached hydrogens (tertiary/aromatic N) is 2. The van der Waals surface area contributed by atoms with E-state index in [0.29, 0.717) is 6.04 Å². The number of hydrogen-bond acceptors (Lipinski definition) is 3. The minimum atomic E-state index is 0.575. The Bertz CT molecular complexity index is 324. The van der Waals surface area contributed by atoms with E-state index in [0.717, 1.165) is 13.1 Å². The third-order valence-corrected chi connectivity index (χ3v) is 3.09. The minimum absolute atomic E-state index is 0.575. The molecule has 0 aromatic carbocycles. The molecule has 1 saturated heterocycles. The number of pyridine rings is 1. The van der Waals surface area contributed by atoms with Crippen molar-refractivity contribution in [1.29, 1.82) is 0 Å². The average molecular weight is 205 g/mol. The van der Waals surface area contributed by atoms with Crippen LogP contribution in [0, 0.1) is 6.92 Å². The molecule has 0 bridgehead atoms. The highest BCUT2D eigenvalue weighted by molar-refractivity contribution is 5.16. The number of aryl methyl sites for hydroxylation is 1. The summed E-state index contributed by atoms with van der Waals surface area (Å²) in [6.45, 7) is 5.03. The molecule has 1 atom stereocenters. The van der Waals surface area contributed by atoms with Crippen molar-refractivity contribution in [1.82, 2.24) is 9.88 Å². The zero-order chi connectivity index (χ0) is 10.7. The first kappa shape index (κ1) is 10.6. The number of hydrogen-bond donors (Lipinski definition) is 1. The van der Waals surface area contributed by atoms with E-state index in [1.54, 1.807) is 0 Å². The van der Waals surface area contributed by atoms with Gasteiger partial charge in [-0.05, 0) is 37.4 Å². The Balaban J connectivity index is 2.02. The highest BCUT2D eigenvalue weighted by atomic mass is 15.2. The molecule has 2 rings (SSSR count). The first-order valence-corrected chi connectivity index (χ1v) is 5.64. The van der Waals surface area contributed by atoms with Crippen molar-refractivity contribution < 1.29 is 0 Å². The lowest BCUT2D eigenvalue weighted by Gasteiger charge is -2.22. The van der Waals surface area contributed by atoms with Crippen molar-refractivity contribution in [2.45, 2.75) is 32.4 Å². The SMILES string of the molecule is Cc1cncc(CN2CCCC2CN)c1. The first-order valence-electron chi connectivity index (χ1n) is 5.64. The molecule has 0 aliphatic carbocycles. The molecule has 1 unspecified atom stereocenters. The van der Waals surface area contributed by atoms with E-state index in [4.69, 9.17) is 5.73 Å². The molecule has 3 heteroatoms. The van der Waals surface area contributed by atoms with Crippen molar-refractivity contribution in [3.63, 3.8) is 0 Å². The Morgan fingerprint density at radius 1 is 1.53 bits per heavy atom. The van der Waals surface area contributed by atoms with Gasteiger partial charge < -0.3 is 5.73 Å². The average Bonchev–Trinajstić information content (AvgIpc) is 2.65. The molecule has 3 nitrogen and oxygen atoms in total. The highest BCUT2D eigenvalue weighted by Crippen LogP contribution is 2.18. The zero-order valence-electron chi connectivity index (χ0n) is 9.32. The summed E-state index contributed by atoms with van der Waals surface area (Å²) in [6.07, 6.45) is 6.38. The lowest BCUT2D eigenvalue weighted by molar-refractivity contribution is 0.250. The maximum absolute atomic E-state index is 5.75. The van der Waals surface area contributed by atoms with Gasteiger partial charge in [-0.15, -0.1) is 0 Å². The van der Waals surface area contributed by atoms with Crippen LogP contribution in [0.1, 0.15) is 24.0 Å². The third kappa shape index (κ3) is 2.55. The Kier molecular flexibility index (Phi) is 3.34. The van der Waals surface area contributed by atoms with Crippen molar-refractivity contribution >= 4 is 0 Å². The molecule has 1 aromatic rings. The van der Waals surface area contributed by atoms with Crippen molar-refractivity contribution in [3.05, 3.63) is 29.6 Å². The summed E-state index contributed by atoms with van der Waals surface area (Å²) in [7, 11) is 0. The van der Waals surface area contributed by atoms with Crippen LogP contribution < -0.4 is 5.73 Å². The van der Waals surface area contributed by atoms with Crippen LogP contribution in [-0.4, -0.2) is 29.0 Å². The Hall–Kier alpha value is -0.930. The maximum Gasteiger partial charge on any atom is 0.0313 e. The number of rotatable bonds is 3. The molecule has 1 aliphatic rings. The molecule has 0 amide bonds. The molecule has 1 aromatic heterocycles. The van der Waals surface area contributed by atoms with E-state index >= 15 is 0 Å². The second-order valence-electron chi connectivity index (χ2n) is 4.37. The van der Waals surface area contributed by atoms with Crippen LogP contribution in [0.4, 0.5) is 0 Å². The van der Waals surface area contributed by atoms with Gasteiger partial charge in [0, 0.05) is 31.5 Å². The van der Waals surface area contributed by atoms with E-state index < -0.39 is 0 Å². The van der Waals surface area contributed by atoms with Gasteiger partial charge >= 0.3 is 0 Å². The second-order valence-corrected chi connectivity index (χ2v) is 4.37. The van der Waals surface area contributed by atoms with Crippen LogP contribution >= 0.6 is 0 Å². The van der Waals surface area contributed by atoms with Gasteiger partial charge in [0.25, 0.3) is 0 Å². The molecule has 1 fully saturated rings. The van der Waals surface area contributed by atoms with Gasteiger partial charge in [-0.2, -0.15) is 0 Å². The molecule has 2 heterocycles. The molecular weight excluding hydrogens is 186 g/mol. The molecule has 0 saturated carbocycles. The normalized spacial score (nSPS) is 22.1. The van der Waals surface area contributed by atoms with Crippen LogP contribution in [0.15, 0.2) is 18.5 Å². The van der Waals surface area contributed by atoms with Crippen LogP contribution in [-0.2, 0) is 6.54 Å². The summed E-state index contributed by atoms with van der Waals surface area (Å²) in [5.41, 5.74) is 8.28. The summed E-state index contributed by atoms with van der Waals surface area (Å²) in [4.78, 5) is 6.69. The summed E-state index contributed by atoms with van der Waals surface area (Å²) in [5.74, 6) is 0. The van der Waals surface area contributed by atoms with E-state index in [2.05, 4.69) is 22.9 Å². The van der Waals surface area contributed by atoms with Crippen molar-refractivity contribution in [2.24, 2.45) is 5.73 Å². The fraction of sp³-hybridized carbons (Fsp3) is 0.583. The number of nitrogens with two attached hydrogens (primary N) is 1. The van der Waals surface area contributed by atoms with Crippen molar-refractivity contribution in [3.8, 4) is 0 Å². The summed E-state index contributed by atoms with van der Waals surface area (Å²) < 4.78 is 0. The van der Waals surface area contributed by atoms with Crippen LogP contribution in [0.5, 0.6) is 0 Å². The fourth-order valence-electron chi connectivity index (χ4n) is 2.31. The van der Waals surface area contributed by atoms with E-state index in [-0.39, 0.29) is 0 Å². The molecule has 0 radical (unpaired) electrons. The summed E-state index contributed by atoms with van der Waals surface area (Å²) >= 11 is 0. The standard InChI is InChI=1S/C12H19N3/c1-10-5-11(8-14-7-10)9-15-4-2-3-12(15)6-13/h5,7-8,12H,2-4,6,9,13H2,1H3. The van der Waals surface area contributed by atoms with Gasteiger partial charge in [-0.25, -0.2) is 0 Å². The molecule has 15 heavy (non-hydrogen) atoms. The van der Waals surface area contributed by atoms with Crippen molar-refractivity contribution in [2.75, 3.05) is 13.1 Å². The van der Waals surface area contributed by atoms with Crippen LogP contribution in [0.3, 0.4) is 0 Å². The fourth-order valence-corrected chi connectivity index (χ4v) is 2.31. The predicted octanol–water partition coefficient (Wildman–Crippen LogP) is 1.31. The van der Waals surface area contributed by atoms with Crippen LogP contribution in [0.2, 0.25) is 0 Å². The molecule has 82 valence electrons. The van der Waals surface area contributed by atoms with Gasteiger partial charge in [0.1, 0.15) is 0 Å². The predicted molar refractivity (Wildman–Crippen MR) is 61.5 cm³/mol. The van der Waals surface area contributed by atoms with E-state index in [9.17, 15) is 0 Å². The number of likely N-dealkylation sites (tertiary alicyclic amines) is 1. The Morgan fingerprint density at radius 3 is 3.13 bits per heavy atom. The van der Waals surface area contributed by atoms with E-state index in [1.165, 1.54) is 30.5 Å². The molecular formula is C12H19N3. The second kappa shape index (κ2) is 4.73. The monoisotopic (exact) mass is 205 g/mol. The lowest BCUT2D eigenvalue weighted by atomic mass is 10.2. The summed E-state index contributed by atoms with van der Waals surface area (Å²) in [6, 6.07) is 2.78. The number of aromatic nitrogens is 1. The summed E-state index contributed by atoms with van der Waals surface area (Å²) in [5, 5.41) is 0. The maximum atomic E-state index is 5.75. The Labute approximate surface area is 91.3 Å². The van der Waals surface area contributed by atoms with Gasteiger partial charge in [-0.1, -0.05) is 6.07 Å². The van der Waals surface area contributed by atoms with Crippen LogP contribution in [0.25, 0.3) is 0 Å². The highest BCUT2D eigenvalue weighted by Gasteiger charge is 2.22. The van der Waals surface area contributed by atoms with E-state index in [1.807, 2.05) is 12.4 Å². The van der Waals surface area contributed by atoms with Gasteiger partial charge in [0.2, 0.25) is 0 Å². The van der Waals surface area contributed by atoms with Gasteiger partial charge in [-0.3, -0.25) is 9.88 Å². The zero-order valence-corrected chi connectivity index (χ0v) is 9.32. The molecule has 1 aliphatic heterocycles. The Morgan fingerprint density at radius 2 is 2.40 bits per heavy atom. The smallest absolute Gasteiger partial charge is 0.0313 e. The molecule has 0 spiro atoms. The first-order chi connectivity index (χ1) is 7.29. The lowest BCUT2D eigenvalue weighted by Crippen LogP contribution is -2.34. The minimum Gasteiger partial charge on any atom is -0.329 e.